The summed E-state index contributed by atoms with van der Waals surface area (Å²) >= 11 is 0. The fraction of sp³-hybridized carbons (Fsp3) is 0.143. The van der Waals surface area contributed by atoms with E-state index < -0.39 is 0 Å². The first-order chi connectivity index (χ1) is 1.00. The van der Waals surface area contributed by atoms with Crippen LogP contribution in [-0.2, 0) is 0 Å². The Morgan fingerprint density at radius 1 is 0.500 bits per heavy atom. The molecule has 0 aromatic carbocycles. The predicted octanol–water partition coefficient (Wildman–Crippen LogP) is 3.09. The molecule has 0 N–H and O–H groups in total. The summed E-state index contributed by atoms with van der Waals surface area (Å²) in [5.74, 6) is 0. The third kappa shape index (κ3) is 80.7. The van der Waals surface area contributed by atoms with Gasteiger partial charge in [-0.3, -0.25) is 0 Å². The minimum atomic E-state index is 0. The minimum absolute atomic E-state index is 0. The van der Waals surface area contributed by atoms with Gasteiger partial charge in [0.25, 0.3) is 0 Å². The van der Waals surface area contributed by atoms with E-state index in [1.165, 1.54) is 0 Å². The molecule has 0 radical (unpaired) electrons. The Labute approximate surface area is 186 Å². The van der Waals surface area contributed by atoms with Crippen molar-refractivity contribution in [2.24, 2.45) is 0 Å². The van der Waals surface area contributed by atoms with Crippen molar-refractivity contribution in [2.45, 2.75) is 6.92 Å². The monoisotopic (exact) mass is 626 g/mol. The van der Waals surface area contributed by atoms with Crippen molar-refractivity contribution in [3.8, 4) is 0 Å². The van der Waals surface area contributed by atoms with Gasteiger partial charge in [0.05, 0.1) is 0 Å². The molecular formula is C7H20Yb3. The quantitative estimate of drug-likeness (QED) is 0.365. The fourth-order valence-electron chi connectivity index (χ4n) is 0. The summed E-state index contributed by atoms with van der Waals surface area (Å²) in [6.07, 6.45) is 0. The van der Waals surface area contributed by atoms with Crippen LogP contribution in [0.1, 0.15) is 6.92 Å². The van der Waals surface area contributed by atoms with Gasteiger partial charge in [0.1, 0.15) is 0 Å². The van der Waals surface area contributed by atoms with Crippen LogP contribution in [0, 0.1) is 185 Å². The van der Waals surface area contributed by atoms with E-state index in [2.05, 4.69) is 6.92 Å². The van der Waals surface area contributed by atoms with E-state index in [4.69, 9.17) is 0 Å². The second-order valence-electron chi connectivity index (χ2n) is 0. The average Bonchev–Trinajstić information content (AvgIpc) is 1.00. The maximum Gasteiger partial charge on any atom is 2.00 e. The van der Waals surface area contributed by atoms with Gasteiger partial charge in [-0.05, 0) is 0 Å². The molecule has 0 aromatic rings. The van der Waals surface area contributed by atoms with Crippen LogP contribution in [0.5, 0.6) is 0 Å². The average molecular weight is 623 g/mol. The van der Waals surface area contributed by atoms with Crippen molar-refractivity contribution >= 4 is 0 Å². The smallest absolute Gasteiger partial charge is 0.358 e. The summed E-state index contributed by atoms with van der Waals surface area (Å²) < 4.78 is 0. The second-order valence-corrected chi connectivity index (χ2v) is 0. The first-order valence-electron chi connectivity index (χ1n) is 0.707. The van der Waals surface area contributed by atoms with Gasteiger partial charge < -0.3 is 44.1 Å². The zero-order valence-electron chi connectivity index (χ0n) is 7.51. The first kappa shape index (κ1) is 86.6. The number of hydrogen-bond acceptors (Lipinski definition) is 0. The van der Waals surface area contributed by atoms with Gasteiger partial charge in [0, 0.05) is 0 Å². The van der Waals surface area contributed by atoms with E-state index in [1.807, 2.05) is 0 Å². The molecule has 90 valence electrons. The summed E-state index contributed by atoms with van der Waals surface area (Å²) in [4.78, 5) is 0. The van der Waals surface area contributed by atoms with E-state index >= 15 is 0 Å². The number of hydrogen-bond donors (Lipinski definition) is 0. The van der Waals surface area contributed by atoms with Crippen LogP contribution in [0.4, 0.5) is 0 Å². The maximum absolute atomic E-state index is 3.25. The molecule has 0 fully saturated rings. The van der Waals surface area contributed by atoms with E-state index in [1.54, 1.807) is 6.92 Å². The Balaban J connectivity index is -0.000000000179. The minimum Gasteiger partial charge on any atom is -0.358 e. The summed E-state index contributed by atoms with van der Waals surface area (Å²) in [5.41, 5.74) is 0. The molecule has 0 aromatic heterocycles. The molecule has 0 unspecified atom stereocenters. The van der Waals surface area contributed by atoms with Crippen molar-refractivity contribution in [1.82, 2.24) is 0 Å². The van der Waals surface area contributed by atoms with Crippen molar-refractivity contribution < 1.29 is 141 Å². The summed E-state index contributed by atoms with van der Waals surface area (Å²) in [5, 5.41) is 0. The standard InChI is InChI=1S/C2H5.5CH3.3Yb/c1-2;;;;;;;;/h1H2,2H3;5*1H3;;;/q6*-1;3*+2. The third-order valence-electron chi connectivity index (χ3n) is 0. The van der Waals surface area contributed by atoms with Crippen molar-refractivity contribution in [3.63, 3.8) is 0 Å². The van der Waals surface area contributed by atoms with Gasteiger partial charge in [-0.25, -0.2) is 0 Å². The first-order valence-corrected chi connectivity index (χ1v) is 0.707. The van der Waals surface area contributed by atoms with E-state index in [0.717, 1.165) is 0 Å². The van der Waals surface area contributed by atoms with Gasteiger partial charge in [-0.15, -0.1) is 0 Å². The van der Waals surface area contributed by atoms with Crippen LogP contribution in [0.15, 0.2) is 0 Å². The van der Waals surface area contributed by atoms with Crippen LogP contribution >= 0.6 is 0 Å². The van der Waals surface area contributed by atoms with Crippen LogP contribution < -0.4 is 0 Å². The normalized spacial score (nSPS) is 0.600. The van der Waals surface area contributed by atoms with Crippen LogP contribution in [0.25, 0.3) is 0 Å². The molecular weight excluding hydrogens is 603 g/mol. The van der Waals surface area contributed by atoms with Crippen molar-refractivity contribution in [1.29, 1.82) is 0 Å². The molecule has 3 heteroatoms. The van der Waals surface area contributed by atoms with Crippen LogP contribution in [0.2, 0.25) is 0 Å². The molecule has 0 atom stereocenters. The maximum atomic E-state index is 3.25. The molecule has 0 bridgehead atoms. The molecule has 0 saturated carbocycles. The topological polar surface area (TPSA) is 0 Å². The SMILES string of the molecule is [CH2-]C.[CH3-].[CH3-].[CH3-].[CH3-].[CH3-].[Yb+2].[Yb+2].[Yb+2]. The Morgan fingerprint density at radius 3 is 0.500 bits per heavy atom. The van der Waals surface area contributed by atoms with Crippen molar-refractivity contribution in [3.05, 3.63) is 44.1 Å². The molecule has 0 aliphatic rings. The molecule has 10 heavy (non-hydrogen) atoms. The van der Waals surface area contributed by atoms with Gasteiger partial charge in [0.15, 0.2) is 0 Å². The molecule has 0 rings (SSSR count). The Bertz CT molecular complexity index is 8.81. The van der Waals surface area contributed by atoms with Gasteiger partial charge in [-0.2, -0.15) is 6.92 Å². The Morgan fingerprint density at radius 2 is 0.500 bits per heavy atom. The van der Waals surface area contributed by atoms with E-state index in [-0.39, 0.29) is 178 Å². The van der Waals surface area contributed by atoms with Gasteiger partial charge in [-0.1, -0.05) is 0 Å². The molecule has 0 amide bonds. The summed E-state index contributed by atoms with van der Waals surface area (Å²) in [6, 6.07) is 0. The summed E-state index contributed by atoms with van der Waals surface area (Å²) in [6.45, 7) is 5.00. The fourth-order valence-corrected chi connectivity index (χ4v) is 0. The molecule has 0 aliphatic carbocycles. The Kier molecular flexibility index (Phi) is 891. The van der Waals surface area contributed by atoms with Crippen molar-refractivity contribution in [2.75, 3.05) is 0 Å². The molecule has 0 saturated heterocycles. The van der Waals surface area contributed by atoms with E-state index in [0.29, 0.717) is 0 Å². The van der Waals surface area contributed by atoms with Crippen LogP contribution in [-0.4, -0.2) is 0 Å². The van der Waals surface area contributed by atoms with Crippen LogP contribution in [0.3, 0.4) is 0 Å². The molecule has 0 nitrogen and oxygen atoms in total. The number of rotatable bonds is 0. The molecule has 0 spiro atoms. The van der Waals surface area contributed by atoms with Gasteiger partial charge in [0.2, 0.25) is 0 Å². The molecule has 0 aliphatic heterocycles. The Hall–Kier alpha value is 4.56. The molecule has 0 heterocycles. The van der Waals surface area contributed by atoms with E-state index in [9.17, 15) is 0 Å². The third-order valence-corrected chi connectivity index (χ3v) is 0. The largest absolute Gasteiger partial charge is 2.00 e. The zero-order valence-corrected chi connectivity index (χ0v) is 12.7. The summed E-state index contributed by atoms with van der Waals surface area (Å²) in [7, 11) is 0. The predicted molar refractivity (Wildman–Crippen MR) is 43.1 cm³/mol. The van der Waals surface area contributed by atoms with Gasteiger partial charge >= 0.3 is 141 Å². The zero-order chi connectivity index (χ0) is 2.00. The second kappa shape index (κ2) is 103.